The normalized spacial score (nSPS) is 11.9. The summed E-state index contributed by atoms with van der Waals surface area (Å²) in [6.07, 6.45) is -0.464. The molecule has 0 aliphatic rings. The smallest absolute Gasteiger partial charge is 0.120 e. The van der Waals surface area contributed by atoms with Crippen molar-refractivity contribution in [2.45, 2.75) is 19.6 Å². The van der Waals surface area contributed by atoms with Gasteiger partial charge in [-0.25, -0.2) is 0 Å². The largest absolute Gasteiger partial charge is 0.491 e. The summed E-state index contributed by atoms with van der Waals surface area (Å²) >= 11 is 0. The maximum absolute atomic E-state index is 9.13. The van der Waals surface area contributed by atoms with Crippen molar-refractivity contribution in [3.05, 3.63) is 60.2 Å². The van der Waals surface area contributed by atoms with Crippen LogP contribution in [0.4, 0.5) is 0 Å². The van der Waals surface area contributed by atoms with Crippen LogP contribution >= 0.6 is 0 Å². The molecule has 0 fully saturated rings. The molecule has 0 spiro atoms. The predicted octanol–water partition coefficient (Wildman–Crippen LogP) is 3.03. The van der Waals surface area contributed by atoms with Crippen LogP contribution in [0.3, 0.4) is 0 Å². The summed E-state index contributed by atoms with van der Waals surface area (Å²) in [6.45, 7) is 2.54. The van der Waals surface area contributed by atoms with Crippen molar-refractivity contribution in [1.29, 1.82) is 0 Å². The van der Waals surface area contributed by atoms with Crippen molar-refractivity contribution in [3.63, 3.8) is 0 Å². The van der Waals surface area contributed by atoms with E-state index >= 15 is 0 Å². The third kappa shape index (κ3) is 4.64. The number of hydrogen-bond donors (Lipinski definition) is 1. The molecule has 0 saturated carbocycles. The molecule has 0 aromatic heterocycles. The maximum atomic E-state index is 9.13. The van der Waals surface area contributed by atoms with Gasteiger partial charge in [-0.2, -0.15) is 0 Å². The molecule has 1 N–H and O–H groups in total. The van der Waals surface area contributed by atoms with Crippen molar-refractivity contribution >= 4 is 0 Å². The van der Waals surface area contributed by atoms with E-state index in [1.807, 2.05) is 54.6 Å². The van der Waals surface area contributed by atoms with E-state index in [4.69, 9.17) is 14.6 Å². The van der Waals surface area contributed by atoms with E-state index in [0.717, 1.165) is 17.1 Å². The fourth-order valence-electron chi connectivity index (χ4n) is 1.59. The Hall–Kier alpha value is -2.00. The average molecular weight is 258 g/mol. The number of rotatable bonds is 6. The van der Waals surface area contributed by atoms with E-state index in [-0.39, 0.29) is 0 Å². The highest BCUT2D eigenvalue weighted by molar-refractivity contribution is 5.31. The lowest BCUT2D eigenvalue weighted by molar-refractivity contribution is 0.122. The minimum absolute atomic E-state index is 0.296. The highest BCUT2D eigenvalue weighted by atomic mass is 16.5. The van der Waals surface area contributed by atoms with Crippen LogP contribution in [0.1, 0.15) is 12.5 Å². The standard InChI is InChI=1S/C16H18O3/c1-13(17)11-18-15-7-9-16(10-8-15)19-12-14-5-3-2-4-6-14/h2-10,13,17H,11-12H2,1H3/t13-/m0/s1. The molecule has 0 amide bonds. The van der Waals surface area contributed by atoms with Crippen molar-refractivity contribution < 1.29 is 14.6 Å². The zero-order valence-electron chi connectivity index (χ0n) is 11.0. The first-order valence-corrected chi connectivity index (χ1v) is 6.32. The van der Waals surface area contributed by atoms with Gasteiger partial charge in [0.15, 0.2) is 0 Å². The third-order valence-corrected chi connectivity index (χ3v) is 2.56. The molecule has 0 unspecified atom stereocenters. The lowest BCUT2D eigenvalue weighted by Crippen LogP contribution is -2.12. The van der Waals surface area contributed by atoms with Crippen LogP contribution < -0.4 is 9.47 Å². The van der Waals surface area contributed by atoms with Gasteiger partial charge in [-0.3, -0.25) is 0 Å². The number of aliphatic hydroxyl groups is 1. The molecule has 0 aliphatic heterocycles. The first kappa shape index (κ1) is 13.4. The summed E-state index contributed by atoms with van der Waals surface area (Å²) in [4.78, 5) is 0. The van der Waals surface area contributed by atoms with Gasteiger partial charge in [0.1, 0.15) is 24.7 Å². The van der Waals surface area contributed by atoms with E-state index in [0.29, 0.717) is 13.2 Å². The molecule has 2 aromatic carbocycles. The summed E-state index contributed by atoms with van der Waals surface area (Å²) in [5.41, 5.74) is 1.14. The fourth-order valence-corrected chi connectivity index (χ4v) is 1.59. The molecule has 2 rings (SSSR count). The monoisotopic (exact) mass is 258 g/mol. The van der Waals surface area contributed by atoms with E-state index < -0.39 is 6.10 Å². The van der Waals surface area contributed by atoms with Gasteiger partial charge in [-0.05, 0) is 36.8 Å². The summed E-state index contributed by atoms with van der Waals surface area (Å²) in [5, 5.41) is 9.13. The van der Waals surface area contributed by atoms with Crippen molar-refractivity contribution in [2.24, 2.45) is 0 Å². The number of hydrogen-bond acceptors (Lipinski definition) is 3. The van der Waals surface area contributed by atoms with Crippen LogP contribution in [0.15, 0.2) is 54.6 Å². The highest BCUT2D eigenvalue weighted by Gasteiger charge is 1.99. The third-order valence-electron chi connectivity index (χ3n) is 2.56. The summed E-state index contributed by atoms with van der Waals surface area (Å²) in [7, 11) is 0. The lowest BCUT2D eigenvalue weighted by atomic mass is 10.2. The topological polar surface area (TPSA) is 38.7 Å². The van der Waals surface area contributed by atoms with Gasteiger partial charge in [-0.15, -0.1) is 0 Å². The minimum Gasteiger partial charge on any atom is -0.491 e. The quantitative estimate of drug-likeness (QED) is 0.865. The van der Waals surface area contributed by atoms with Crippen LogP contribution in [0.5, 0.6) is 11.5 Å². The minimum atomic E-state index is -0.464. The fraction of sp³-hybridized carbons (Fsp3) is 0.250. The van der Waals surface area contributed by atoms with Crippen LogP contribution in [-0.2, 0) is 6.61 Å². The molecule has 0 saturated heterocycles. The van der Waals surface area contributed by atoms with Gasteiger partial charge in [0, 0.05) is 0 Å². The summed E-state index contributed by atoms with van der Waals surface area (Å²) < 4.78 is 11.0. The Kier molecular flexibility index (Phi) is 4.81. The van der Waals surface area contributed by atoms with Gasteiger partial charge in [0.2, 0.25) is 0 Å². The molecule has 1 atom stereocenters. The van der Waals surface area contributed by atoms with Crippen LogP contribution in [0, 0.1) is 0 Å². The SMILES string of the molecule is C[C@H](O)COc1ccc(OCc2ccccc2)cc1. The Morgan fingerprint density at radius 1 is 0.895 bits per heavy atom. The molecule has 3 heteroatoms. The van der Waals surface area contributed by atoms with Crippen molar-refractivity contribution in [2.75, 3.05) is 6.61 Å². The first-order chi connectivity index (χ1) is 9.24. The van der Waals surface area contributed by atoms with Crippen molar-refractivity contribution in [3.8, 4) is 11.5 Å². The van der Waals surface area contributed by atoms with E-state index in [1.165, 1.54) is 0 Å². The van der Waals surface area contributed by atoms with Gasteiger partial charge in [0.05, 0.1) is 6.10 Å². The molecule has 0 aliphatic carbocycles. The van der Waals surface area contributed by atoms with E-state index in [2.05, 4.69) is 0 Å². The van der Waals surface area contributed by atoms with Gasteiger partial charge >= 0.3 is 0 Å². The van der Waals surface area contributed by atoms with E-state index in [1.54, 1.807) is 6.92 Å². The number of benzene rings is 2. The number of ether oxygens (including phenoxy) is 2. The zero-order chi connectivity index (χ0) is 13.5. The second-order valence-electron chi connectivity index (χ2n) is 4.41. The van der Waals surface area contributed by atoms with E-state index in [9.17, 15) is 0 Å². The lowest BCUT2D eigenvalue weighted by Gasteiger charge is -2.09. The Balaban J connectivity index is 1.85. The molecule has 0 bridgehead atoms. The molecule has 3 nitrogen and oxygen atoms in total. The number of aliphatic hydroxyl groups excluding tert-OH is 1. The Morgan fingerprint density at radius 3 is 2.05 bits per heavy atom. The summed E-state index contributed by atoms with van der Waals surface area (Å²) in [5.74, 6) is 1.53. The van der Waals surface area contributed by atoms with Gasteiger partial charge < -0.3 is 14.6 Å². The van der Waals surface area contributed by atoms with Crippen molar-refractivity contribution in [1.82, 2.24) is 0 Å². The van der Waals surface area contributed by atoms with Gasteiger partial charge in [-0.1, -0.05) is 30.3 Å². The average Bonchev–Trinajstić information content (AvgIpc) is 2.45. The van der Waals surface area contributed by atoms with Crippen LogP contribution in [0.25, 0.3) is 0 Å². The molecule has 100 valence electrons. The Labute approximate surface area is 113 Å². The first-order valence-electron chi connectivity index (χ1n) is 6.32. The second-order valence-corrected chi connectivity index (χ2v) is 4.41. The summed E-state index contributed by atoms with van der Waals surface area (Å²) in [6, 6.07) is 17.4. The predicted molar refractivity (Wildman–Crippen MR) is 74.4 cm³/mol. The Morgan fingerprint density at radius 2 is 1.47 bits per heavy atom. The Bertz CT molecular complexity index is 477. The van der Waals surface area contributed by atoms with Crippen LogP contribution in [0.2, 0.25) is 0 Å². The van der Waals surface area contributed by atoms with Gasteiger partial charge in [0.25, 0.3) is 0 Å². The second kappa shape index (κ2) is 6.81. The molecule has 2 aromatic rings. The molecule has 0 heterocycles. The maximum Gasteiger partial charge on any atom is 0.120 e. The highest BCUT2D eigenvalue weighted by Crippen LogP contribution is 2.18. The molecular formula is C16H18O3. The molecule has 0 radical (unpaired) electrons. The molecule has 19 heavy (non-hydrogen) atoms. The van der Waals surface area contributed by atoms with Crippen LogP contribution in [-0.4, -0.2) is 17.8 Å². The zero-order valence-corrected chi connectivity index (χ0v) is 11.0. The molecular weight excluding hydrogens is 240 g/mol.